The smallest absolute Gasteiger partial charge is 0.225 e. The van der Waals surface area contributed by atoms with Crippen LogP contribution in [-0.2, 0) is 11.2 Å². The Bertz CT molecular complexity index is 431. The number of piperidine rings is 1. The number of aromatic nitrogens is 2. The van der Waals surface area contributed by atoms with Gasteiger partial charge in [-0.1, -0.05) is 5.16 Å². The molecule has 1 aliphatic heterocycles. The van der Waals surface area contributed by atoms with Gasteiger partial charge >= 0.3 is 0 Å². The quantitative estimate of drug-likeness (QED) is 0.816. The summed E-state index contributed by atoms with van der Waals surface area (Å²) in [5, 5.41) is 3.94. The SMILES string of the molecule is Cc1nc(CC2CCN(C(=O)C3CC3)CC2)no1. The van der Waals surface area contributed by atoms with Crippen molar-refractivity contribution in [2.45, 2.75) is 39.0 Å². The number of aryl methyl sites for hydroxylation is 1. The number of hydrogen-bond donors (Lipinski definition) is 0. The number of likely N-dealkylation sites (tertiary alicyclic amines) is 1. The van der Waals surface area contributed by atoms with Crippen LogP contribution in [-0.4, -0.2) is 34.0 Å². The third-order valence-electron chi connectivity index (χ3n) is 3.89. The van der Waals surface area contributed by atoms with Gasteiger partial charge in [0.05, 0.1) is 0 Å². The van der Waals surface area contributed by atoms with Gasteiger partial charge in [-0.05, 0) is 31.6 Å². The second-order valence-electron chi connectivity index (χ2n) is 5.48. The molecule has 0 spiro atoms. The Morgan fingerprint density at radius 3 is 2.61 bits per heavy atom. The van der Waals surface area contributed by atoms with Gasteiger partial charge in [0.25, 0.3) is 0 Å². The van der Waals surface area contributed by atoms with Crippen molar-refractivity contribution in [3.8, 4) is 0 Å². The standard InChI is InChI=1S/C13H19N3O2/c1-9-14-12(15-18-9)8-10-4-6-16(7-5-10)13(17)11-2-3-11/h10-11H,2-8H2,1H3. The van der Waals surface area contributed by atoms with E-state index in [9.17, 15) is 4.79 Å². The monoisotopic (exact) mass is 249 g/mol. The summed E-state index contributed by atoms with van der Waals surface area (Å²) in [7, 11) is 0. The van der Waals surface area contributed by atoms with Crippen molar-refractivity contribution in [1.29, 1.82) is 0 Å². The number of carbonyl (C=O) groups is 1. The maximum atomic E-state index is 11.9. The third-order valence-corrected chi connectivity index (χ3v) is 3.89. The largest absolute Gasteiger partial charge is 0.342 e. The molecule has 2 aliphatic rings. The molecular weight excluding hydrogens is 230 g/mol. The summed E-state index contributed by atoms with van der Waals surface area (Å²) in [6, 6.07) is 0. The van der Waals surface area contributed by atoms with E-state index in [0.717, 1.165) is 51.0 Å². The van der Waals surface area contributed by atoms with E-state index < -0.39 is 0 Å². The van der Waals surface area contributed by atoms with Crippen LogP contribution < -0.4 is 0 Å². The molecule has 1 saturated carbocycles. The topological polar surface area (TPSA) is 59.2 Å². The van der Waals surface area contributed by atoms with Crippen LogP contribution in [0, 0.1) is 18.8 Å². The van der Waals surface area contributed by atoms with Crippen LogP contribution in [0.2, 0.25) is 0 Å². The molecule has 1 aromatic heterocycles. The Morgan fingerprint density at radius 2 is 2.06 bits per heavy atom. The molecule has 0 aromatic carbocycles. The molecule has 0 atom stereocenters. The van der Waals surface area contributed by atoms with Crippen LogP contribution >= 0.6 is 0 Å². The summed E-state index contributed by atoms with van der Waals surface area (Å²) < 4.78 is 4.98. The Labute approximate surface area is 107 Å². The van der Waals surface area contributed by atoms with Gasteiger partial charge in [0.1, 0.15) is 0 Å². The highest BCUT2D eigenvalue weighted by Crippen LogP contribution is 2.32. The molecule has 18 heavy (non-hydrogen) atoms. The summed E-state index contributed by atoms with van der Waals surface area (Å²) in [5.74, 6) is 2.75. The van der Waals surface area contributed by atoms with Gasteiger partial charge in [-0.2, -0.15) is 4.98 Å². The van der Waals surface area contributed by atoms with Crippen molar-refractivity contribution in [1.82, 2.24) is 15.0 Å². The van der Waals surface area contributed by atoms with Crippen molar-refractivity contribution in [2.24, 2.45) is 11.8 Å². The van der Waals surface area contributed by atoms with Crippen LogP contribution in [0.25, 0.3) is 0 Å². The van der Waals surface area contributed by atoms with Crippen molar-refractivity contribution in [3.05, 3.63) is 11.7 Å². The van der Waals surface area contributed by atoms with Gasteiger partial charge in [0, 0.05) is 32.4 Å². The van der Waals surface area contributed by atoms with E-state index in [1.807, 2.05) is 11.8 Å². The molecule has 1 aromatic rings. The average molecular weight is 249 g/mol. The lowest BCUT2D eigenvalue weighted by Gasteiger charge is -2.31. The van der Waals surface area contributed by atoms with E-state index in [1.165, 1.54) is 0 Å². The minimum Gasteiger partial charge on any atom is -0.342 e. The maximum absolute atomic E-state index is 11.9. The normalized spacial score (nSPS) is 21.3. The zero-order valence-corrected chi connectivity index (χ0v) is 10.8. The minimum atomic E-state index is 0.349. The molecule has 0 bridgehead atoms. The lowest BCUT2D eigenvalue weighted by molar-refractivity contribution is -0.133. The lowest BCUT2D eigenvalue weighted by Crippen LogP contribution is -2.39. The number of rotatable bonds is 3. The summed E-state index contributed by atoms with van der Waals surface area (Å²) in [5.41, 5.74) is 0. The predicted molar refractivity (Wildman–Crippen MR) is 64.8 cm³/mol. The average Bonchev–Trinajstić information content (AvgIpc) is 3.14. The molecule has 2 heterocycles. The van der Waals surface area contributed by atoms with E-state index in [1.54, 1.807) is 0 Å². The second kappa shape index (κ2) is 4.71. The maximum Gasteiger partial charge on any atom is 0.225 e. The van der Waals surface area contributed by atoms with E-state index >= 15 is 0 Å². The van der Waals surface area contributed by atoms with Gasteiger partial charge in [0.2, 0.25) is 11.8 Å². The van der Waals surface area contributed by atoms with E-state index in [0.29, 0.717) is 23.6 Å². The molecular formula is C13H19N3O2. The summed E-state index contributed by atoms with van der Waals surface area (Å²) in [4.78, 5) is 18.2. The molecule has 0 unspecified atom stereocenters. The fraction of sp³-hybridized carbons (Fsp3) is 0.769. The highest BCUT2D eigenvalue weighted by Gasteiger charge is 2.34. The molecule has 0 radical (unpaired) electrons. The van der Waals surface area contributed by atoms with Crippen LogP contribution in [0.15, 0.2) is 4.52 Å². The molecule has 3 rings (SSSR count). The molecule has 2 fully saturated rings. The first-order valence-electron chi connectivity index (χ1n) is 6.80. The van der Waals surface area contributed by atoms with Crippen LogP contribution in [0.4, 0.5) is 0 Å². The summed E-state index contributed by atoms with van der Waals surface area (Å²) in [6.45, 7) is 3.61. The zero-order valence-electron chi connectivity index (χ0n) is 10.8. The molecule has 5 nitrogen and oxygen atoms in total. The van der Waals surface area contributed by atoms with E-state index in [2.05, 4.69) is 10.1 Å². The fourth-order valence-electron chi connectivity index (χ4n) is 2.63. The number of nitrogens with zero attached hydrogens (tertiary/aromatic N) is 3. The molecule has 1 aliphatic carbocycles. The summed E-state index contributed by atoms with van der Waals surface area (Å²) in [6.07, 6.45) is 5.20. The molecule has 98 valence electrons. The molecule has 1 saturated heterocycles. The zero-order chi connectivity index (χ0) is 12.5. The highest BCUT2D eigenvalue weighted by atomic mass is 16.5. The molecule has 0 N–H and O–H groups in total. The second-order valence-corrected chi connectivity index (χ2v) is 5.48. The van der Waals surface area contributed by atoms with Gasteiger partial charge in [0.15, 0.2) is 5.82 Å². The van der Waals surface area contributed by atoms with E-state index in [4.69, 9.17) is 4.52 Å². The Balaban J connectivity index is 1.49. The first-order valence-corrected chi connectivity index (χ1v) is 6.80. The van der Waals surface area contributed by atoms with Crippen LogP contribution in [0.5, 0.6) is 0 Å². The number of carbonyl (C=O) groups excluding carboxylic acids is 1. The molecule has 5 heteroatoms. The molecule has 1 amide bonds. The Kier molecular flexibility index (Phi) is 3.06. The van der Waals surface area contributed by atoms with Gasteiger partial charge < -0.3 is 9.42 Å². The van der Waals surface area contributed by atoms with Crippen molar-refractivity contribution >= 4 is 5.91 Å². The van der Waals surface area contributed by atoms with Gasteiger partial charge in [-0.3, -0.25) is 4.79 Å². The number of amides is 1. The number of hydrogen-bond acceptors (Lipinski definition) is 4. The Hall–Kier alpha value is -1.39. The lowest BCUT2D eigenvalue weighted by atomic mass is 9.93. The van der Waals surface area contributed by atoms with Crippen molar-refractivity contribution in [3.63, 3.8) is 0 Å². The first kappa shape index (κ1) is 11.7. The van der Waals surface area contributed by atoms with E-state index in [-0.39, 0.29) is 0 Å². The predicted octanol–water partition coefficient (Wildman–Crippen LogP) is 1.57. The van der Waals surface area contributed by atoms with Gasteiger partial charge in [-0.25, -0.2) is 0 Å². The van der Waals surface area contributed by atoms with Crippen molar-refractivity contribution < 1.29 is 9.32 Å². The highest BCUT2D eigenvalue weighted by molar-refractivity contribution is 5.81. The van der Waals surface area contributed by atoms with Crippen LogP contribution in [0.1, 0.15) is 37.4 Å². The van der Waals surface area contributed by atoms with Gasteiger partial charge in [-0.15, -0.1) is 0 Å². The van der Waals surface area contributed by atoms with Crippen LogP contribution in [0.3, 0.4) is 0 Å². The first-order chi connectivity index (χ1) is 8.72. The minimum absolute atomic E-state index is 0.349. The third kappa shape index (κ3) is 2.54. The van der Waals surface area contributed by atoms with Crippen molar-refractivity contribution in [2.75, 3.05) is 13.1 Å². The fourth-order valence-corrected chi connectivity index (χ4v) is 2.63. The summed E-state index contributed by atoms with van der Waals surface area (Å²) >= 11 is 0. The Morgan fingerprint density at radius 1 is 1.33 bits per heavy atom.